The largest absolute Gasteiger partial charge is 0.444 e. The molecule has 1 atom stereocenters. The molecule has 124 valence electrons. The van der Waals surface area contributed by atoms with Gasteiger partial charge in [-0.15, -0.1) is 0 Å². The number of benzene rings is 1. The molecule has 0 aliphatic heterocycles. The van der Waals surface area contributed by atoms with Gasteiger partial charge in [0.05, 0.1) is 0 Å². The summed E-state index contributed by atoms with van der Waals surface area (Å²) in [6.07, 6.45) is 0.262. The zero-order chi connectivity index (χ0) is 16.8. The maximum atomic E-state index is 13.1. The van der Waals surface area contributed by atoms with E-state index in [9.17, 15) is 13.6 Å². The van der Waals surface area contributed by atoms with Crippen LogP contribution in [0.5, 0.6) is 0 Å². The molecule has 0 bridgehead atoms. The smallest absolute Gasteiger partial charge is 0.407 e. The predicted molar refractivity (Wildman–Crippen MR) is 81.5 cm³/mol. The molecule has 0 radical (unpaired) electrons. The lowest BCUT2D eigenvalue weighted by Crippen LogP contribution is -2.43. The van der Waals surface area contributed by atoms with Crippen LogP contribution in [0.4, 0.5) is 13.6 Å². The van der Waals surface area contributed by atoms with Gasteiger partial charge < -0.3 is 15.4 Å². The second kappa shape index (κ2) is 8.08. The van der Waals surface area contributed by atoms with Crippen molar-refractivity contribution in [1.82, 2.24) is 10.6 Å². The van der Waals surface area contributed by atoms with E-state index < -0.39 is 23.3 Å². The Kier molecular flexibility index (Phi) is 6.74. The predicted octanol–water partition coefficient (Wildman–Crippen LogP) is 3.36. The van der Waals surface area contributed by atoms with Crippen LogP contribution >= 0.6 is 0 Å². The van der Waals surface area contributed by atoms with E-state index >= 15 is 0 Å². The summed E-state index contributed by atoms with van der Waals surface area (Å²) in [5.74, 6) is -1.72. The molecule has 0 heterocycles. The number of rotatable bonds is 6. The number of hydrogen-bond acceptors (Lipinski definition) is 3. The summed E-state index contributed by atoms with van der Waals surface area (Å²) in [6.45, 7) is 8.25. The van der Waals surface area contributed by atoms with Crippen LogP contribution in [0.1, 0.15) is 39.7 Å². The number of hydrogen-bond donors (Lipinski definition) is 2. The SMILES string of the molecule is CCC(CNCc1ccc(F)c(F)c1)NC(=O)OC(C)(C)C. The summed E-state index contributed by atoms with van der Waals surface area (Å²) < 4.78 is 31.1. The van der Waals surface area contributed by atoms with Gasteiger partial charge >= 0.3 is 6.09 Å². The Morgan fingerprint density at radius 3 is 2.50 bits per heavy atom. The lowest BCUT2D eigenvalue weighted by molar-refractivity contribution is 0.0502. The van der Waals surface area contributed by atoms with Gasteiger partial charge in [-0.1, -0.05) is 13.0 Å². The van der Waals surface area contributed by atoms with Crippen molar-refractivity contribution in [3.63, 3.8) is 0 Å². The Morgan fingerprint density at radius 1 is 1.27 bits per heavy atom. The highest BCUT2D eigenvalue weighted by Gasteiger charge is 2.18. The van der Waals surface area contributed by atoms with Gasteiger partial charge in [0.15, 0.2) is 11.6 Å². The van der Waals surface area contributed by atoms with Gasteiger partial charge in [0.2, 0.25) is 0 Å². The number of amides is 1. The Bertz CT molecular complexity index is 501. The summed E-state index contributed by atoms with van der Waals surface area (Å²) in [5.41, 5.74) is 0.104. The first-order chi connectivity index (χ1) is 10.2. The molecule has 22 heavy (non-hydrogen) atoms. The van der Waals surface area contributed by atoms with Crippen LogP contribution in [0.25, 0.3) is 0 Å². The summed E-state index contributed by atoms with van der Waals surface area (Å²) >= 11 is 0. The average molecular weight is 314 g/mol. The molecule has 0 aliphatic rings. The van der Waals surface area contributed by atoms with Gasteiger partial charge in [0, 0.05) is 19.1 Å². The van der Waals surface area contributed by atoms with Crippen molar-refractivity contribution in [2.45, 2.75) is 52.3 Å². The van der Waals surface area contributed by atoms with Crippen molar-refractivity contribution in [3.8, 4) is 0 Å². The van der Waals surface area contributed by atoms with Crippen molar-refractivity contribution in [2.24, 2.45) is 0 Å². The van der Waals surface area contributed by atoms with E-state index in [2.05, 4.69) is 10.6 Å². The van der Waals surface area contributed by atoms with E-state index in [1.165, 1.54) is 6.07 Å². The normalized spacial score (nSPS) is 12.8. The molecule has 1 amide bonds. The van der Waals surface area contributed by atoms with Gasteiger partial charge in [-0.3, -0.25) is 0 Å². The standard InChI is InChI=1S/C16H24F2N2O2/c1-5-12(20-15(21)22-16(2,3)4)10-19-9-11-6-7-13(17)14(18)8-11/h6-8,12,19H,5,9-10H2,1-4H3,(H,20,21). The zero-order valence-electron chi connectivity index (χ0n) is 13.5. The summed E-state index contributed by atoms with van der Waals surface area (Å²) in [6, 6.07) is 3.68. The highest BCUT2D eigenvalue weighted by Crippen LogP contribution is 2.09. The summed E-state index contributed by atoms with van der Waals surface area (Å²) in [4.78, 5) is 11.7. The lowest BCUT2D eigenvalue weighted by atomic mass is 10.2. The maximum absolute atomic E-state index is 13.1. The molecule has 0 spiro atoms. The van der Waals surface area contributed by atoms with Gasteiger partial charge in [-0.05, 0) is 44.9 Å². The van der Waals surface area contributed by atoms with Crippen LogP contribution in [0, 0.1) is 11.6 Å². The number of carbonyl (C=O) groups is 1. The molecule has 0 aliphatic carbocycles. The number of alkyl carbamates (subject to hydrolysis) is 1. The molecule has 0 fully saturated rings. The maximum Gasteiger partial charge on any atom is 0.407 e. The molecule has 0 aromatic heterocycles. The molecule has 0 saturated carbocycles. The minimum absolute atomic E-state index is 0.0971. The molecular weight excluding hydrogens is 290 g/mol. The average Bonchev–Trinajstić information content (AvgIpc) is 2.39. The quantitative estimate of drug-likeness (QED) is 0.846. The van der Waals surface area contributed by atoms with E-state index in [1.54, 1.807) is 20.8 Å². The van der Waals surface area contributed by atoms with Gasteiger partial charge in [-0.25, -0.2) is 13.6 Å². The van der Waals surface area contributed by atoms with Crippen LogP contribution in [0.2, 0.25) is 0 Å². The second-order valence-electron chi connectivity index (χ2n) is 6.13. The topological polar surface area (TPSA) is 50.4 Å². The van der Waals surface area contributed by atoms with E-state index in [-0.39, 0.29) is 6.04 Å². The van der Waals surface area contributed by atoms with E-state index in [4.69, 9.17) is 4.74 Å². The fourth-order valence-corrected chi connectivity index (χ4v) is 1.81. The number of nitrogens with one attached hydrogen (secondary N) is 2. The fourth-order valence-electron chi connectivity index (χ4n) is 1.81. The second-order valence-corrected chi connectivity index (χ2v) is 6.13. The van der Waals surface area contributed by atoms with Crippen LogP contribution in [0.3, 0.4) is 0 Å². The summed E-state index contributed by atoms with van der Waals surface area (Å²) in [5, 5.41) is 5.88. The molecule has 1 unspecified atom stereocenters. The van der Waals surface area contributed by atoms with Crippen LogP contribution in [-0.4, -0.2) is 24.3 Å². The first kappa shape index (κ1) is 18.4. The van der Waals surface area contributed by atoms with Crippen LogP contribution in [-0.2, 0) is 11.3 Å². The highest BCUT2D eigenvalue weighted by molar-refractivity contribution is 5.68. The van der Waals surface area contributed by atoms with Crippen molar-refractivity contribution in [1.29, 1.82) is 0 Å². The van der Waals surface area contributed by atoms with Crippen molar-refractivity contribution < 1.29 is 18.3 Å². The molecular formula is C16H24F2N2O2. The Balaban J connectivity index is 2.40. The minimum Gasteiger partial charge on any atom is -0.444 e. The molecule has 1 aromatic rings. The molecule has 6 heteroatoms. The molecule has 1 aromatic carbocycles. The number of carbonyl (C=O) groups excluding carboxylic acids is 1. The minimum atomic E-state index is -0.863. The third kappa shape index (κ3) is 6.85. The Morgan fingerprint density at radius 2 is 1.95 bits per heavy atom. The van der Waals surface area contributed by atoms with Crippen LogP contribution < -0.4 is 10.6 Å². The number of ether oxygens (including phenoxy) is 1. The van der Waals surface area contributed by atoms with Gasteiger partial charge in [0.1, 0.15) is 5.60 Å². The van der Waals surface area contributed by atoms with E-state index in [1.807, 2.05) is 6.92 Å². The number of halogens is 2. The zero-order valence-corrected chi connectivity index (χ0v) is 13.5. The van der Waals surface area contributed by atoms with E-state index in [0.717, 1.165) is 18.6 Å². The first-order valence-corrected chi connectivity index (χ1v) is 7.35. The van der Waals surface area contributed by atoms with Crippen molar-refractivity contribution >= 4 is 6.09 Å². The summed E-state index contributed by atoms with van der Waals surface area (Å²) in [7, 11) is 0. The van der Waals surface area contributed by atoms with Gasteiger partial charge in [0.25, 0.3) is 0 Å². The molecule has 2 N–H and O–H groups in total. The molecule has 1 rings (SSSR count). The van der Waals surface area contributed by atoms with E-state index in [0.29, 0.717) is 18.7 Å². The molecule has 0 saturated heterocycles. The van der Waals surface area contributed by atoms with Crippen molar-refractivity contribution in [2.75, 3.05) is 6.54 Å². The van der Waals surface area contributed by atoms with Gasteiger partial charge in [-0.2, -0.15) is 0 Å². The molecule has 4 nitrogen and oxygen atoms in total. The Hall–Kier alpha value is -1.69. The van der Waals surface area contributed by atoms with Crippen LogP contribution in [0.15, 0.2) is 18.2 Å². The third-order valence-electron chi connectivity index (χ3n) is 2.92. The monoisotopic (exact) mass is 314 g/mol. The highest BCUT2D eigenvalue weighted by atomic mass is 19.2. The Labute approximate surface area is 130 Å². The first-order valence-electron chi connectivity index (χ1n) is 7.35. The fraction of sp³-hybridized carbons (Fsp3) is 0.562. The lowest BCUT2D eigenvalue weighted by Gasteiger charge is -2.23. The van der Waals surface area contributed by atoms with Crippen molar-refractivity contribution in [3.05, 3.63) is 35.4 Å². The third-order valence-corrected chi connectivity index (χ3v) is 2.92.